The van der Waals surface area contributed by atoms with Crippen LogP contribution in [0, 0.1) is 0 Å². The van der Waals surface area contributed by atoms with Gasteiger partial charge in [0, 0.05) is 17.7 Å². The SMILES string of the molecule is O=Cc1ccc(-c2cccc3c2CCNC3=O)o1. The quantitative estimate of drug-likeness (QED) is 0.818. The normalized spacial score (nSPS) is 13.9. The summed E-state index contributed by atoms with van der Waals surface area (Å²) in [6.45, 7) is 0.629. The van der Waals surface area contributed by atoms with Crippen molar-refractivity contribution in [2.24, 2.45) is 0 Å². The smallest absolute Gasteiger partial charge is 0.251 e. The average molecular weight is 241 g/mol. The molecule has 0 spiro atoms. The minimum atomic E-state index is -0.0553. The maximum absolute atomic E-state index is 11.7. The topological polar surface area (TPSA) is 59.3 Å². The molecule has 18 heavy (non-hydrogen) atoms. The van der Waals surface area contributed by atoms with Crippen molar-refractivity contribution < 1.29 is 14.0 Å². The van der Waals surface area contributed by atoms with Gasteiger partial charge in [-0.3, -0.25) is 9.59 Å². The van der Waals surface area contributed by atoms with E-state index in [1.165, 1.54) is 0 Å². The molecule has 1 aliphatic rings. The van der Waals surface area contributed by atoms with Crippen LogP contribution in [-0.2, 0) is 6.42 Å². The van der Waals surface area contributed by atoms with E-state index in [9.17, 15) is 9.59 Å². The first-order chi connectivity index (χ1) is 8.79. The van der Waals surface area contributed by atoms with E-state index in [0.717, 1.165) is 17.5 Å². The lowest BCUT2D eigenvalue weighted by Gasteiger charge is -2.18. The lowest BCUT2D eigenvalue weighted by molar-refractivity contribution is 0.0945. The number of amides is 1. The zero-order valence-corrected chi connectivity index (χ0v) is 9.60. The van der Waals surface area contributed by atoms with E-state index in [2.05, 4.69) is 5.32 Å². The highest BCUT2D eigenvalue weighted by atomic mass is 16.3. The molecule has 1 amide bonds. The average Bonchev–Trinajstić information content (AvgIpc) is 2.87. The second kappa shape index (κ2) is 4.14. The van der Waals surface area contributed by atoms with Crippen LogP contribution in [0.4, 0.5) is 0 Å². The zero-order valence-electron chi connectivity index (χ0n) is 9.60. The number of hydrogen-bond acceptors (Lipinski definition) is 3. The number of nitrogens with one attached hydrogen (secondary N) is 1. The summed E-state index contributed by atoms with van der Waals surface area (Å²) in [5.74, 6) is 0.867. The number of carbonyl (C=O) groups is 2. The van der Waals surface area contributed by atoms with Crippen LogP contribution in [0.3, 0.4) is 0 Å². The lowest BCUT2D eigenvalue weighted by atomic mass is 9.94. The van der Waals surface area contributed by atoms with E-state index in [1.807, 2.05) is 12.1 Å². The second-order valence-electron chi connectivity index (χ2n) is 4.16. The fourth-order valence-corrected chi connectivity index (χ4v) is 2.26. The third kappa shape index (κ3) is 1.62. The Labute approximate surface area is 104 Å². The van der Waals surface area contributed by atoms with Gasteiger partial charge in [-0.05, 0) is 30.2 Å². The molecule has 0 saturated heterocycles. The molecule has 90 valence electrons. The molecule has 1 aromatic heterocycles. The summed E-state index contributed by atoms with van der Waals surface area (Å²) in [5.41, 5.74) is 2.55. The number of aldehydes is 1. The third-order valence-electron chi connectivity index (χ3n) is 3.09. The van der Waals surface area contributed by atoms with Crippen molar-refractivity contribution in [2.75, 3.05) is 6.54 Å². The summed E-state index contributed by atoms with van der Waals surface area (Å²) in [6, 6.07) is 8.92. The van der Waals surface area contributed by atoms with Crippen molar-refractivity contribution in [2.45, 2.75) is 6.42 Å². The van der Waals surface area contributed by atoms with E-state index in [0.29, 0.717) is 29.9 Å². The van der Waals surface area contributed by atoms with Gasteiger partial charge in [-0.15, -0.1) is 0 Å². The van der Waals surface area contributed by atoms with E-state index in [1.54, 1.807) is 18.2 Å². The molecule has 0 aliphatic carbocycles. The fourth-order valence-electron chi connectivity index (χ4n) is 2.26. The molecule has 1 aromatic carbocycles. The number of fused-ring (bicyclic) bond motifs is 1. The predicted octanol–water partition coefficient (Wildman–Crippen LogP) is 2.04. The lowest BCUT2D eigenvalue weighted by Crippen LogP contribution is -2.32. The highest BCUT2D eigenvalue weighted by molar-refractivity contribution is 5.98. The maximum atomic E-state index is 11.7. The van der Waals surface area contributed by atoms with Gasteiger partial charge in [0.25, 0.3) is 5.91 Å². The summed E-state index contributed by atoms with van der Waals surface area (Å²) in [7, 11) is 0. The minimum Gasteiger partial charge on any atom is -0.453 e. The molecule has 0 unspecified atom stereocenters. The first-order valence-electron chi connectivity index (χ1n) is 5.75. The minimum absolute atomic E-state index is 0.0553. The summed E-state index contributed by atoms with van der Waals surface area (Å²) in [6.07, 6.45) is 1.44. The number of benzene rings is 1. The van der Waals surface area contributed by atoms with Crippen LogP contribution < -0.4 is 5.32 Å². The Bertz CT molecular complexity index is 628. The molecule has 2 heterocycles. The molecule has 0 bridgehead atoms. The zero-order chi connectivity index (χ0) is 12.5. The van der Waals surface area contributed by atoms with Crippen molar-refractivity contribution in [3.63, 3.8) is 0 Å². The summed E-state index contributed by atoms with van der Waals surface area (Å²) < 4.78 is 5.42. The van der Waals surface area contributed by atoms with Gasteiger partial charge < -0.3 is 9.73 Å². The van der Waals surface area contributed by atoms with Crippen molar-refractivity contribution in [3.05, 3.63) is 47.2 Å². The molecule has 2 aromatic rings. The molecule has 0 atom stereocenters. The van der Waals surface area contributed by atoms with Gasteiger partial charge in [0.15, 0.2) is 12.0 Å². The standard InChI is InChI=1S/C14H11NO3/c16-8-9-4-5-13(18-9)11-2-1-3-12-10(11)6-7-15-14(12)17/h1-5,8H,6-7H2,(H,15,17). The van der Waals surface area contributed by atoms with Crippen LogP contribution in [-0.4, -0.2) is 18.7 Å². The van der Waals surface area contributed by atoms with Gasteiger partial charge in [-0.1, -0.05) is 12.1 Å². The van der Waals surface area contributed by atoms with E-state index < -0.39 is 0 Å². The van der Waals surface area contributed by atoms with Crippen molar-refractivity contribution >= 4 is 12.2 Å². The molecular formula is C14H11NO3. The van der Waals surface area contributed by atoms with Gasteiger partial charge in [0.05, 0.1) is 0 Å². The summed E-state index contributed by atoms with van der Waals surface area (Å²) >= 11 is 0. The van der Waals surface area contributed by atoms with Crippen LogP contribution in [0.1, 0.15) is 26.5 Å². The molecule has 1 aliphatic heterocycles. The van der Waals surface area contributed by atoms with Gasteiger partial charge in [0.2, 0.25) is 0 Å². The fraction of sp³-hybridized carbons (Fsp3) is 0.143. The van der Waals surface area contributed by atoms with Gasteiger partial charge in [0.1, 0.15) is 5.76 Å². The first kappa shape index (κ1) is 10.8. The third-order valence-corrected chi connectivity index (χ3v) is 3.09. The molecule has 0 saturated carbocycles. The highest BCUT2D eigenvalue weighted by Crippen LogP contribution is 2.29. The Balaban J connectivity index is 2.15. The van der Waals surface area contributed by atoms with Crippen LogP contribution in [0.25, 0.3) is 11.3 Å². The van der Waals surface area contributed by atoms with Crippen LogP contribution >= 0.6 is 0 Å². The Morgan fingerprint density at radius 1 is 1.17 bits per heavy atom. The number of rotatable bonds is 2. The van der Waals surface area contributed by atoms with E-state index in [-0.39, 0.29) is 5.91 Å². The summed E-state index contributed by atoms with van der Waals surface area (Å²) in [4.78, 5) is 22.4. The Morgan fingerprint density at radius 2 is 2.00 bits per heavy atom. The Hall–Kier alpha value is -2.36. The molecule has 3 rings (SSSR count). The predicted molar refractivity (Wildman–Crippen MR) is 65.6 cm³/mol. The second-order valence-corrected chi connectivity index (χ2v) is 4.16. The van der Waals surface area contributed by atoms with Crippen molar-refractivity contribution in [3.8, 4) is 11.3 Å². The van der Waals surface area contributed by atoms with Crippen molar-refractivity contribution in [1.29, 1.82) is 0 Å². The van der Waals surface area contributed by atoms with Crippen molar-refractivity contribution in [1.82, 2.24) is 5.32 Å². The van der Waals surface area contributed by atoms with E-state index >= 15 is 0 Å². The van der Waals surface area contributed by atoms with Crippen LogP contribution in [0.15, 0.2) is 34.7 Å². The first-order valence-corrected chi connectivity index (χ1v) is 5.75. The Kier molecular flexibility index (Phi) is 2.48. The van der Waals surface area contributed by atoms with Gasteiger partial charge >= 0.3 is 0 Å². The maximum Gasteiger partial charge on any atom is 0.251 e. The molecule has 4 heteroatoms. The number of carbonyl (C=O) groups excluding carboxylic acids is 2. The largest absolute Gasteiger partial charge is 0.453 e. The monoisotopic (exact) mass is 241 g/mol. The van der Waals surface area contributed by atoms with Crippen LogP contribution in [0.5, 0.6) is 0 Å². The molecule has 0 fully saturated rings. The van der Waals surface area contributed by atoms with E-state index in [4.69, 9.17) is 4.42 Å². The molecular weight excluding hydrogens is 230 g/mol. The summed E-state index contributed by atoms with van der Waals surface area (Å²) in [5, 5.41) is 2.81. The highest BCUT2D eigenvalue weighted by Gasteiger charge is 2.20. The van der Waals surface area contributed by atoms with Gasteiger partial charge in [-0.25, -0.2) is 0 Å². The number of furan rings is 1. The molecule has 4 nitrogen and oxygen atoms in total. The number of hydrogen-bond donors (Lipinski definition) is 1. The molecule has 1 N–H and O–H groups in total. The molecule has 0 radical (unpaired) electrons. The van der Waals surface area contributed by atoms with Crippen LogP contribution in [0.2, 0.25) is 0 Å². The Morgan fingerprint density at radius 3 is 2.78 bits per heavy atom. The van der Waals surface area contributed by atoms with Gasteiger partial charge in [-0.2, -0.15) is 0 Å².